The van der Waals surface area contributed by atoms with Gasteiger partial charge in [-0.05, 0) is 30.3 Å². The maximum absolute atomic E-state index is 12.9. The van der Waals surface area contributed by atoms with Crippen LogP contribution in [-0.4, -0.2) is 44.5 Å². The molecule has 0 aliphatic rings. The summed E-state index contributed by atoms with van der Waals surface area (Å²) < 4.78 is 49.0. The number of likely N-dealkylation sites (N-methyl/N-ethyl adjacent to an activating group) is 1. The monoisotopic (exact) mass is 430 g/mol. The summed E-state index contributed by atoms with van der Waals surface area (Å²) in [6.45, 7) is -0.387. The van der Waals surface area contributed by atoms with Crippen LogP contribution < -0.4 is 14.8 Å². The highest BCUT2D eigenvalue weighted by molar-refractivity contribution is 6.31. The molecule has 0 fully saturated rings. The highest BCUT2D eigenvalue weighted by atomic mass is 35.5. The molecule has 29 heavy (non-hydrogen) atoms. The molecule has 2 rings (SSSR count). The second kappa shape index (κ2) is 9.04. The van der Waals surface area contributed by atoms with Crippen LogP contribution >= 0.6 is 11.6 Å². The van der Waals surface area contributed by atoms with Crippen molar-refractivity contribution in [2.24, 2.45) is 0 Å². The van der Waals surface area contributed by atoms with Gasteiger partial charge in [0.1, 0.15) is 11.5 Å². The number of benzene rings is 2. The van der Waals surface area contributed by atoms with Gasteiger partial charge in [-0.3, -0.25) is 9.59 Å². The molecule has 0 spiro atoms. The number of halogens is 4. The highest BCUT2D eigenvalue weighted by Gasteiger charge is 2.33. The van der Waals surface area contributed by atoms with E-state index in [1.165, 1.54) is 39.5 Å². The Labute approximate surface area is 170 Å². The maximum atomic E-state index is 12.9. The Morgan fingerprint density at radius 2 is 1.66 bits per heavy atom. The van der Waals surface area contributed by atoms with Crippen LogP contribution in [0.4, 0.5) is 18.9 Å². The van der Waals surface area contributed by atoms with E-state index in [9.17, 15) is 22.8 Å². The summed E-state index contributed by atoms with van der Waals surface area (Å²) in [5.74, 6) is -0.381. The largest absolute Gasteiger partial charge is 0.497 e. The van der Waals surface area contributed by atoms with Gasteiger partial charge >= 0.3 is 6.18 Å². The number of hydrogen-bond donors (Lipinski definition) is 1. The summed E-state index contributed by atoms with van der Waals surface area (Å²) >= 11 is 5.55. The fraction of sp³-hybridized carbons (Fsp3) is 0.263. The zero-order chi connectivity index (χ0) is 21.8. The van der Waals surface area contributed by atoms with Gasteiger partial charge in [0.25, 0.3) is 5.91 Å². The Bertz CT molecular complexity index is 897. The Balaban J connectivity index is 2.10. The average Bonchev–Trinajstić information content (AvgIpc) is 2.67. The van der Waals surface area contributed by atoms with Gasteiger partial charge in [0, 0.05) is 24.4 Å². The zero-order valence-corrected chi connectivity index (χ0v) is 16.5. The predicted octanol–water partition coefficient (Wildman–Crippen LogP) is 4.09. The number of rotatable bonds is 6. The van der Waals surface area contributed by atoms with Gasteiger partial charge in [-0.1, -0.05) is 11.6 Å². The van der Waals surface area contributed by atoms with Crippen LogP contribution in [0.15, 0.2) is 36.4 Å². The van der Waals surface area contributed by atoms with Crippen molar-refractivity contribution in [1.82, 2.24) is 4.90 Å². The normalized spacial score (nSPS) is 11.0. The molecule has 0 saturated heterocycles. The predicted molar refractivity (Wildman–Crippen MR) is 102 cm³/mol. The molecule has 156 valence electrons. The number of hydrogen-bond acceptors (Lipinski definition) is 4. The maximum Gasteiger partial charge on any atom is 0.417 e. The van der Waals surface area contributed by atoms with E-state index in [0.717, 1.165) is 17.0 Å². The standard InChI is InChI=1S/C19H18ClF3N2O4/c1-25(18(27)11-6-13(28-2)9-14(7-11)29-3)10-17(26)24-12-4-5-16(20)15(8-12)19(21,22)23/h4-9H,10H2,1-3H3,(H,24,26). The van der Waals surface area contributed by atoms with Crippen molar-refractivity contribution >= 4 is 29.1 Å². The molecule has 0 aromatic heterocycles. The summed E-state index contributed by atoms with van der Waals surface area (Å²) in [7, 11) is 4.25. The summed E-state index contributed by atoms with van der Waals surface area (Å²) in [6.07, 6.45) is -4.66. The van der Waals surface area contributed by atoms with Crippen molar-refractivity contribution in [2.75, 3.05) is 33.1 Å². The van der Waals surface area contributed by atoms with E-state index in [0.29, 0.717) is 11.5 Å². The molecule has 0 unspecified atom stereocenters. The Kier molecular flexibility index (Phi) is 6.97. The van der Waals surface area contributed by atoms with Crippen molar-refractivity contribution in [3.8, 4) is 11.5 Å². The third-order valence-electron chi connectivity index (χ3n) is 3.88. The molecule has 6 nitrogen and oxygen atoms in total. The number of methoxy groups -OCH3 is 2. The van der Waals surface area contributed by atoms with Crippen LogP contribution in [-0.2, 0) is 11.0 Å². The molecular weight excluding hydrogens is 413 g/mol. The molecule has 10 heteroatoms. The molecule has 0 atom stereocenters. The molecule has 0 aliphatic carbocycles. The number of carbonyl (C=O) groups excluding carboxylic acids is 2. The van der Waals surface area contributed by atoms with Gasteiger partial charge in [0.2, 0.25) is 5.91 Å². The van der Waals surface area contributed by atoms with Gasteiger partial charge in [-0.15, -0.1) is 0 Å². The van der Waals surface area contributed by atoms with Crippen molar-refractivity contribution in [2.45, 2.75) is 6.18 Å². The average molecular weight is 431 g/mol. The van der Waals surface area contributed by atoms with Gasteiger partial charge in [-0.25, -0.2) is 0 Å². The number of alkyl halides is 3. The fourth-order valence-corrected chi connectivity index (χ4v) is 2.68. The topological polar surface area (TPSA) is 67.9 Å². The molecule has 0 heterocycles. The van der Waals surface area contributed by atoms with Crippen molar-refractivity contribution in [1.29, 1.82) is 0 Å². The number of carbonyl (C=O) groups is 2. The highest BCUT2D eigenvalue weighted by Crippen LogP contribution is 2.36. The fourth-order valence-electron chi connectivity index (χ4n) is 2.46. The van der Waals surface area contributed by atoms with Crippen LogP contribution in [0, 0.1) is 0 Å². The van der Waals surface area contributed by atoms with E-state index in [4.69, 9.17) is 21.1 Å². The SMILES string of the molecule is COc1cc(OC)cc(C(=O)N(C)CC(=O)Nc2ccc(Cl)c(C(F)(F)F)c2)c1. The third-order valence-corrected chi connectivity index (χ3v) is 4.21. The van der Waals surface area contributed by atoms with Crippen molar-refractivity contribution in [3.63, 3.8) is 0 Å². The smallest absolute Gasteiger partial charge is 0.417 e. The first kappa shape index (κ1) is 22.4. The number of nitrogens with zero attached hydrogens (tertiary/aromatic N) is 1. The van der Waals surface area contributed by atoms with E-state index in [1.54, 1.807) is 6.07 Å². The minimum absolute atomic E-state index is 0.0874. The number of nitrogens with one attached hydrogen (secondary N) is 1. The van der Waals surface area contributed by atoms with Crippen molar-refractivity contribution in [3.05, 3.63) is 52.5 Å². The lowest BCUT2D eigenvalue weighted by Gasteiger charge is -2.18. The van der Waals surface area contributed by atoms with Crippen LogP contribution in [0.2, 0.25) is 5.02 Å². The lowest BCUT2D eigenvalue weighted by molar-refractivity contribution is -0.137. The number of amides is 2. The minimum Gasteiger partial charge on any atom is -0.497 e. The Hall–Kier alpha value is -2.94. The van der Waals surface area contributed by atoms with Crippen LogP contribution in [0.25, 0.3) is 0 Å². The van der Waals surface area contributed by atoms with Gasteiger partial charge in [-0.2, -0.15) is 13.2 Å². The lowest BCUT2D eigenvalue weighted by Crippen LogP contribution is -2.35. The van der Waals surface area contributed by atoms with Crippen molar-refractivity contribution < 1.29 is 32.2 Å². The van der Waals surface area contributed by atoms with Gasteiger partial charge in [0.15, 0.2) is 0 Å². The van der Waals surface area contributed by atoms with Gasteiger partial charge in [0.05, 0.1) is 31.4 Å². The Morgan fingerprint density at radius 1 is 1.07 bits per heavy atom. The van der Waals surface area contributed by atoms with Crippen LogP contribution in [0.5, 0.6) is 11.5 Å². The molecule has 2 amide bonds. The first-order valence-electron chi connectivity index (χ1n) is 8.20. The van der Waals surface area contributed by atoms with E-state index in [1.807, 2.05) is 0 Å². The quantitative estimate of drug-likeness (QED) is 0.749. The van der Waals surface area contributed by atoms with E-state index < -0.39 is 28.6 Å². The summed E-state index contributed by atoms with van der Waals surface area (Å²) in [4.78, 5) is 25.9. The first-order valence-corrected chi connectivity index (χ1v) is 8.58. The molecule has 0 saturated carbocycles. The molecular formula is C19H18ClF3N2O4. The molecule has 1 N–H and O–H groups in total. The second-order valence-electron chi connectivity index (χ2n) is 6.00. The zero-order valence-electron chi connectivity index (χ0n) is 15.8. The van der Waals surface area contributed by atoms with E-state index >= 15 is 0 Å². The number of ether oxygens (including phenoxy) is 2. The van der Waals surface area contributed by atoms with Crippen LogP contribution in [0.3, 0.4) is 0 Å². The van der Waals surface area contributed by atoms with Crippen LogP contribution in [0.1, 0.15) is 15.9 Å². The summed E-state index contributed by atoms with van der Waals surface area (Å²) in [5, 5.41) is 1.85. The summed E-state index contributed by atoms with van der Waals surface area (Å²) in [6, 6.07) is 7.56. The molecule has 2 aromatic carbocycles. The third kappa shape index (κ3) is 5.77. The summed E-state index contributed by atoms with van der Waals surface area (Å²) in [5.41, 5.74) is -0.928. The molecule has 0 bridgehead atoms. The Morgan fingerprint density at radius 3 is 2.17 bits per heavy atom. The first-order chi connectivity index (χ1) is 13.5. The van der Waals surface area contributed by atoms with E-state index in [-0.39, 0.29) is 17.8 Å². The van der Waals surface area contributed by atoms with Gasteiger partial charge < -0.3 is 19.7 Å². The lowest BCUT2D eigenvalue weighted by atomic mass is 10.1. The minimum atomic E-state index is -4.66. The number of anilines is 1. The molecule has 2 aromatic rings. The molecule has 0 radical (unpaired) electrons. The molecule has 0 aliphatic heterocycles. The second-order valence-corrected chi connectivity index (χ2v) is 6.41. The van der Waals surface area contributed by atoms with E-state index in [2.05, 4.69) is 5.32 Å².